The number of hydrogen-bond acceptors (Lipinski definition) is 3. The highest BCUT2D eigenvalue weighted by Gasteiger charge is 2.46. The van der Waals surface area contributed by atoms with E-state index in [1.165, 1.54) is 12.1 Å². The van der Waals surface area contributed by atoms with Crippen molar-refractivity contribution >= 4 is 11.6 Å². The molecule has 2 aromatic carbocycles. The third-order valence-corrected chi connectivity index (χ3v) is 7.74. The van der Waals surface area contributed by atoms with Crippen molar-refractivity contribution < 1.29 is 23.0 Å². The molecule has 3 nitrogen and oxygen atoms in total. The summed E-state index contributed by atoms with van der Waals surface area (Å²) < 4.78 is 44.1. The van der Waals surface area contributed by atoms with E-state index in [0.717, 1.165) is 56.3 Å². The molecular weight excluding hydrogens is 451 g/mol. The number of hydrogen-bond donors (Lipinski definition) is 1. The molecule has 0 radical (unpaired) electrons. The first-order valence-electron chi connectivity index (χ1n) is 11.7. The van der Waals surface area contributed by atoms with Gasteiger partial charge in [0.2, 0.25) is 0 Å². The molecule has 4 rings (SSSR count). The molecule has 1 saturated heterocycles. The lowest BCUT2D eigenvalue weighted by Gasteiger charge is -2.49. The van der Waals surface area contributed by atoms with Crippen molar-refractivity contribution in [1.29, 1.82) is 0 Å². The molecule has 2 fully saturated rings. The van der Waals surface area contributed by atoms with Gasteiger partial charge in [0.25, 0.3) is 0 Å². The van der Waals surface area contributed by atoms with Crippen LogP contribution in [0, 0.1) is 5.92 Å². The fourth-order valence-electron chi connectivity index (χ4n) is 5.16. The molecule has 180 valence electrons. The first-order valence-corrected chi connectivity index (χ1v) is 12.0. The Balaban J connectivity index is 1.35. The van der Waals surface area contributed by atoms with E-state index < -0.39 is 17.8 Å². The van der Waals surface area contributed by atoms with E-state index in [4.69, 9.17) is 16.3 Å². The Morgan fingerprint density at radius 3 is 2.33 bits per heavy atom. The molecule has 3 atom stereocenters. The third-order valence-electron chi connectivity index (χ3n) is 7.49. The highest BCUT2D eigenvalue weighted by molar-refractivity contribution is 6.30. The molecule has 0 unspecified atom stereocenters. The molecule has 1 aliphatic heterocycles. The van der Waals surface area contributed by atoms with Gasteiger partial charge < -0.3 is 9.84 Å². The van der Waals surface area contributed by atoms with Crippen molar-refractivity contribution in [2.75, 3.05) is 19.7 Å². The molecule has 2 aliphatic rings. The standard InChI is InChI=1S/C26H31ClF3NO2/c1-18-3-4-19(17-33-23-11-7-21(8-12-23)26(28,29)30)15-31(18)16-24(32)25(13-2-14-25)20-5-9-22(27)10-6-20/h5-12,18-19,24,32H,2-4,13-17H2,1H3/t18-,19-,24+/m0/s1. The van der Waals surface area contributed by atoms with Crippen molar-refractivity contribution in [3.63, 3.8) is 0 Å². The summed E-state index contributed by atoms with van der Waals surface area (Å²) in [6.07, 6.45) is 0.238. The van der Waals surface area contributed by atoms with Crippen LogP contribution in [0.15, 0.2) is 48.5 Å². The number of ether oxygens (including phenoxy) is 1. The summed E-state index contributed by atoms with van der Waals surface area (Å²) in [6, 6.07) is 13.1. The van der Waals surface area contributed by atoms with E-state index in [1.807, 2.05) is 24.3 Å². The Morgan fingerprint density at radius 2 is 1.76 bits per heavy atom. The second-order valence-electron chi connectivity index (χ2n) is 9.61. The van der Waals surface area contributed by atoms with Crippen LogP contribution in [0.25, 0.3) is 0 Å². The molecule has 0 aromatic heterocycles. The number of aliphatic hydroxyl groups excluding tert-OH is 1. The Labute approximate surface area is 198 Å². The van der Waals surface area contributed by atoms with E-state index in [-0.39, 0.29) is 11.3 Å². The SMILES string of the molecule is C[C@H]1CC[C@H](COc2ccc(C(F)(F)F)cc2)CN1C[C@@H](O)C1(c2ccc(Cl)cc2)CCC1. The monoisotopic (exact) mass is 481 g/mol. The number of β-amino-alcohol motifs (C(OH)–C–C–N with tert-alkyl or cyclic N) is 1. The van der Waals surface area contributed by atoms with E-state index in [9.17, 15) is 18.3 Å². The molecule has 0 bridgehead atoms. The van der Waals surface area contributed by atoms with Gasteiger partial charge in [0.15, 0.2) is 0 Å². The molecule has 7 heteroatoms. The maximum atomic E-state index is 12.7. The van der Waals surface area contributed by atoms with Gasteiger partial charge in [-0.05, 0) is 74.6 Å². The fraction of sp³-hybridized carbons (Fsp3) is 0.538. The Hall–Kier alpha value is -1.76. The summed E-state index contributed by atoms with van der Waals surface area (Å²) in [7, 11) is 0. The average Bonchev–Trinajstić information content (AvgIpc) is 2.74. The number of rotatable bonds is 7. The van der Waals surface area contributed by atoms with Gasteiger partial charge >= 0.3 is 6.18 Å². The van der Waals surface area contributed by atoms with Gasteiger partial charge in [-0.1, -0.05) is 30.2 Å². The fourth-order valence-corrected chi connectivity index (χ4v) is 5.28. The van der Waals surface area contributed by atoms with Crippen molar-refractivity contribution in [3.8, 4) is 5.75 Å². The quantitative estimate of drug-likeness (QED) is 0.502. The maximum Gasteiger partial charge on any atom is 0.416 e. The lowest BCUT2D eigenvalue weighted by molar-refractivity contribution is -0.137. The first-order chi connectivity index (χ1) is 15.7. The topological polar surface area (TPSA) is 32.7 Å². The first kappa shape index (κ1) is 24.4. The van der Waals surface area contributed by atoms with Gasteiger partial charge in [0.05, 0.1) is 18.3 Å². The zero-order chi connectivity index (χ0) is 23.6. The van der Waals surface area contributed by atoms with E-state index in [2.05, 4.69) is 11.8 Å². The summed E-state index contributed by atoms with van der Waals surface area (Å²) in [5.41, 5.74) is 0.262. The Kier molecular flexibility index (Phi) is 7.27. The number of piperidine rings is 1. The highest BCUT2D eigenvalue weighted by Crippen LogP contribution is 2.47. The van der Waals surface area contributed by atoms with E-state index in [1.54, 1.807) is 0 Å². The highest BCUT2D eigenvalue weighted by atomic mass is 35.5. The molecule has 1 N–H and O–H groups in total. The summed E-state index contributed by atoms with van der Waals surface area (Å²) in [5, 5.41) is 12.0. The Bertz CT molecular complexity index is 913. The van der Waals surface area contributed by atoms with Crippen LogP contribution < -0.4 is 4.74 Å². The van der Waals surface area contributed by atoms with Crippen LogP contribution >= 0.6 is 11.6 Å². The number of likely N-dealkylation sites (tertiary alicyclic amines) is 1. The van der Waals surface area contributed by atoms with Crippen LogP contribution in [0.5, 0.6) is 5.75 Å². The summed E-state index contributed by atoms with van der Waals surface area (Å²) in [5.74, 6) is 0.716. The number of nitrogens with zero attached hydrogens (tertiary/aromatic N) is 1. The zero-order valence-corrected chi connectivity index (χ0v) is 19.6. The number of benzene rings is 2. The van der Waals surface area contributed by atoms with E-state index >= 15 is 0 Å². The average molecular weight is 482 g/mol. The second-order valence-corrected chi connectivity index (χ2v) is 10.0. The number of halogens is 4. The van der Waals surface area contributed by atoms with Gasteiger partial charge in [-0.2, -0.15) is 13.2 Å². The molecule has 0 spiro atoms. The maximum absolute atomic E-state index is 12.7. The van der Waals surface area contributed by atoms with E-state index in [0.29, 0.717) is 30.0 Å². The predicted octanol–water partition coefficient (Wildman–Crippen LogP) is 6.32. The lowest BCUT2D eigenvalue weighted by Crippen LogP contribution is -2.54. The third kappa shape index (κ3) is 5.50. The van der Waals surface area contributed by atoms with Crippen LogP contribution in [0.1, 0.15) is 50.2 Å². The van der Waals surface area contributed by atoms with Crippen LogP contribution in [0.4, 0.5) is 13.2 Å². The molecule has 33 heavy (non-hydrogen) atoms. The zero-order valence-electron chi connectivity index (χ0n) is 18.8. The summed E-state index contributed by atoms with van der Waals surface area (Å²) >= 11 is 6.06. The largest absolute Gasteiger partial charge is 0.493 e. The lowest BCUT2D eigenvalue weighted by atomic mass is 9.61. The minimum atomic E-state index is -4.34. The smallest absolute Gasteiger partial charge is 0.416 e. The Morgan fingerprint density at radius 1 is 1.09 bits per heavy atom. The predicted molar refractivity (Wildman–Crippen MR) is 124 cm³/mol. The molecule has 1 heterocycles. The van der Waals surface area contributed by atoms with Crippen LogP contribution in [-0.2, 0) is 11.6 Å². The summed E-state index contributed by atoms with van der Waals surface area (Å²) in [6.45, 7) is 4.04. The van der Waals surface area contributed by atoms with Crippen molar-refractivity contribution in [1.82, 2.24) is 4.90 Å². The van der Waals surface area contributed by atoms with Crippen LogP contribution in [-0.4, -0.2) is 41.8 Å². The molecule has 2 aromatic rings. The van der Waals surface area contributed by atoms with Gasteiger partial charge in [-0.15, -0.1) is 0 Å². The molecule has 1 aliphatic carbocycles. The molecular formula is C26H31ClF3NO2. The summed E-state index contributed by atoms with van der Waals surface area (Å²) in [4.78, 5) is 2.34. The molecule has 0 amide bonds. The minimum absolute atomic E-state index is 0.214. The van der Waals surface area contributed by atoms with Crippen molar-refractivity contribution in [2.45, 2.75) is 62.8 Å². The number of alkyl halides is 3. The minimum Gasteiger partial charge on any atom is -0.493 e. The molecule has 1 saturated carbocycles. The van der Waals surface area contributed by atoms with Crippen LogP contribution in [0.2, 0.25) is 5.02 Å². The second kappa shape index (κ2) is 9.85. The van der Waals surface area contributed by atoms with Gasteiger partial charge in [0, 0.05) is 35.5 Å². The van der Waals surface area contributed by atoms with Crippen molar-refractivity contribution in [3.05, 3.63) is 64.7 Å². The number of aliphatic hydroxyl groups is 1. The van der Waals surface area contributed by atoms with Crippen LogP contribution in [0.3, 0.4) is 0 Å². The normalized spacial score (nSPS) is 24.2. The van der Waals surface area contributed by atoms with Gasteiger partial charge in [-0.3, -0.25) is 4.90 Å². The van der Waals surface area contributed by atoms with Crippen molar-refractivity contribution in [2.24, 2.45) is 5.92 Å². The van der Waals surface area contributed by atoms with Gasteiger partial charge in [0.1, 0.15) is 5.75 Å². The van der Waals surface area contributed by atoms with Gasteiger partial charge in [-0.25, -0.2) is 0 Å².